The first-order valence-corrected chi connectivity index (χ1v) is 8.29. The molecule has 1 aliphatic carbocycles. The van der Waals surface area contributed by atoms with E-state index >= 15 is 0 Å². The van der Waals surface area contributed by atoms with E-state index in [1.807, 2.05) is 32.0 Å². The van der Waals surface area contributed by atoms with Crippen LogP contribution in [0.4, 0.5) is 0 Å². The van der Waals surface area contributed by atoms with Crippen molar-refractivity contribution in [1.29, 1.82) is 0 Å². The van der Waals surface area contributed by atoms with Crippen molar-refractivity contribution in [2.45, 2.75) is 64.2 Å². The zero-order chi connectivity index (χ0) is 16.0. The molecule has 1 fully saturated rings. The maximum atomic E-state index is 10.5. The molecule has 0 heterocycles. The highest BCUT2D eigenvalue weighted by Gasteiger charge is 2.28. The quantitative estimate of drug-likeness (QED) is 0.812. The molecule has 1 saturated carbocycles. The number of benzene rings is 1. The monoisotopic (exact) mass is 307 g/mol. The van der Waals surface area contributed by atoms with Crippen molar-refractivity contribution in [2.75, 3.05) is 13.7 Å². The second kappa shape index (κ2) is 7.84. The smallest absolute Gasteiger partial charge is 0.161 e. The van der Waals surface area contributed by atoms with Gasteiger partial charge in [-0.25, -0.2) is 0 Å². The summed E-state index contributed by atoms with van der Waals surface area (Å²) < 4.78 is 11.1. The summed E-state index contributed by atoms with van der Waals surface area (Å²) in [6.07, 6.45) is 5.45. The highest BCUT2D eigenvalue weighted by molar-refractivity contribution is 5.43. The number of ether oxygens (including phenoxy) is 2. The minimum absolute atomic E-state index is 0.124. The lowest BCUT2D eigenvalue weighted by Crippen LogP contribution is -2.41. The molecule has 1 aliphatic rings. The van der Waals surface area contributed by atoms with E-state index in [1.165, 1.54) is 6.42 Å². The first-order valence-electron chi connectivity index (χ1n) is 8.29. The normalized spacial score (nSPS) is 17.5. The second-order valence-electron chi connectivity index (χ2n) is 6.54. The minimum atomic E-state index is -0.525. The Hall–Kier alpha value is -1.26. The first kappa shape index (κ1) is 17.1. The molecule has 1 aromatic carbocycles. The molecule has 22 heavy (non-hydrogen) atoms. The molecule has 0 unspecified atom stereocenters. The van der Waals surface area contributed by atoms with Crippen molar-refractivity contribution in [1.82, 2.24) is 5.32 Å². The Morgan fingerprint density at radius 3 is 2.55 bits per heavy atom. The average molecular weight is 307 g/mol. The van der Waals surface area contributed by atoms with Gasteiger partial charge in [0.05, 0.1) is 18.8 Å². The third-order valence-corrected chi connectivity index (χ3v) is 4.16. The van der Waals surface area contributed by atoms with Gasteiger partial charge in [0.2, 0.25) is 0 Å². The SMILES string of the molecule is COc1cc(CNCC2(O)CCCCC2)ccc1OC(C)C. The van der Waals surface area contributed by atoms with E-state index in [0.717, 1.165) is 49.3 Å². The number of hydrogen-bond donors (Lipinski definition) is 2. The molecule has 0 aromatic heterocycles. The largest absolute Gasteiger partial charge is 0.493 e. The van der Waals surface area contributed by atoms with E-state index in [-0.39, 0.29) is 6.10 Å². The number of methoxy groups -OCH3 is 1. The van der Waals surface area contributed by atoms with E-state index in [0.29, 0.717) is 6.54 Å². The Bertz CT molecular complexity index is 467. The van der Waals surface area contributed by atoms with Crippen LogP contribution < -0.4 is 14.8 Å². The van der Waals surface area contributed by atoms with Gasteiger partial charge in [0.25, 0.3) is 0 Å². The van der Waals surface area contributed by atoms with E-state index < -0.39 is 5.60 Å². The van der Waals surface area contributed by atoms with Crippen LogP contribution in [-0.4, -0.2) is 30.5 Å². The third kappa shape index (κ3) is 4.89. The van der Waals surface area contributed by atoms with Crippen LogP contribution >= 0.6 is 0 Å². The minimum Gasteiger partial charge on any atom is -0.493 e. The fraction of sp³-hybridized carbons (Fsp3) is 0.667. The van der Waals surface area contributed by atoms with Crippen LogP contribution in [-0.2, 0) is 6.54 Å². The lowest BCUT2D eigenvalue weighted by Gasteiger charge is -2.32. The highest BCUT2D eigenvalue weighted by atomic mass is 16.5. The lowest BCUT2D eigenvalue weighted by molar-refractivity contribution is 0.00467. The van der Waals surface area contributed by atoms with E-state index in [4.69, 9.17) is 9.47 Å². The Kier molecular flexibility index (Phi) is 6.09. The van der Waals surface area contributed by atoms with Gasteiger partial charge in [0.15, 0.2) is 11.5 Å². The van der Waals surface area contributed by atoms with Crippen LogP contribution in [0.15, 0.2) is 18.2 Å². The summed E-state index contributed by atoms with van der Waals surface area (Å²) >= 11 is 0. The van der Waals surface area contributed by atoms with Gasteiger partial charge in [-0.05, 0) is 44.4 Å². The Labute approximate surface area is 133 Å². The number of nitrogens with one attached hydrogen (secondary N) is 1. The topological polar surface area (TPSA) is 50.7 Å². The second-order valence-corrected chi connectivity index (χ2v) is 6.54. The Morgan fingerprint density at radius 2 is 1.91 bits per heavy atom. The molecular weight excluding hydrogens is 278 g/mol. The van der Waals surface area contributed by atoms with Gasteiger partial charge in [-0.2, -0.15) is 0 Å². The van der Waals surface area contributed by atoms with Crippen LogP contribution in [0.1, 0.15) is 51.5 Å². The number of aliphatic hydroxyl groups is 1. The van der Waals surface area contributed by atoms with Gasteiger partial charge in [-0.1, -0.05) is 25.3 Å². The molecule has 0 radical (unpaired) electrons. The number of rotatable bonds is 7. The molecule has 0 amide bonds. The van der Waals surface area contributed by atoms with Crippen LogP contribution in [0.2, 0.25) is 0 Å². The van der Waals surface area contributed by atoms with E-state index in [2.05, 4.69) is 5.32 Å². The van der Waals surface area contributed by atoms with Crippen LogP contribution in [0, 0.1) is 0 Å². The molecule has 2 N–H and O–H groups in total. The van der Waals surface area contributed by atoms with Gasteiger partial charge >= 0.3 is 0 Å². The lowest BCUT2D eigenvalue weighted by atomic mass is 9.85. The van der Waals surface area contributed by atoms with Gasteiger partial charge in [-0.15, -0.1) is 0 Å². The van der Waals surface area contributed by atoms with Crippen LogP contribution in [0.5, 0.6) is 11.5 Å². The van der Waals surface area contributed by atoms with Crippen molar-refractivity contribution >= 4 is 0 Å². The molecule has 0 spiro atoms. The molecule has 0 bridgehead atoms. The van der Waals surface area contributed by atoms with E-state index in [1.54, 1.807) is 7.11 Å². The summed E-state index contributed by atoms with van der Waals surface area (Å²) in [6, 6.07) is 5.99. The summed E-state index contributed by atoms with van der Waals surface area (Å²) in [5.41, 5.74) is 0.607. The summed E-state index contributed by atoms with van der Waals surface area (Å²) in [4.78, 5) is 0. The third-order valence-electron chi connectivity index (χ3n) is 4.16. The van der Waals surface area contributed by atoms with Gasteiger partial charge in [-0.3, -0.25) is 0 Å². The van der Waals surface area contributed by atoms with Crippen molar-refractivity contribution < 1.29 is 14.6 Å². The predicted molar refractivity (Wildman–Crippen MR) is 88.5 cm³/mol. The molecule has 1 aromatic rings. The highest BCUT2D eigenvalue weighted by Crippen LogP contribution is 2.30. The molecule has 0 aliphatic heterocycles. The van der Waals surface area contributed by atoms with Crippen molar-refractivity contribution in [3.8, 4) is 11.5 Å². The molecule has 4 heteroatoms. The average Bonchev–Trinajstić information content (AvgIpc) is 2.48. The van der Waals surface area contributed by atoms with E-state index in [9.17, 15) is 5.11 Å². The summed E-state index contributed by atoms with van der Waals surface area (Å²) in [6.45, 7) is 5.37. The fourth-order valence-corrected chi connectivity index (χ4v) is 3.00. The fourth-order valence-electron chi connectivity index (χ4n) is 3.00. The molecule has 4 nitrogen and oxygen atoms in total. The standard InChI is InChI=1S/C18H29NO3/c1-14(2)22-16-8-7-15(11-17(16)21-3)12-19-13-18(20)9-5-4-6-10-18/h7-8,11,14,19-20H,4-6,9-10,12-13H2,1-3H3. The molecule has 0 saturated heterocycles. The molecular formula is C18H29NO3. The first-order chi connectivity index (χ1) is 10.5. The maximum absolute atomic E-state index is 10.5. The zero-order valence-electron chi connectivity index (χ0n) is 14.0. The molecule has 2 rings (SSSR count). The van der Waals surface area contributed by atoms with Crippen LogP contribution in [0.25, 0.3) is 0 Å². The van der Waals surface area contributed by atoms with Crippen LogP contribution in [0.3, 0.4) is 0 Å². The Balaban J connectivity index is 1.89. The van der Waals surface area contributed by atoms with Crippen molar-refractivity contribution in [3.63, 3.8) is 0 Å². The maximum Gasteiger partial charge on any atom is 0.161 e. The predicted octanol–water partition coefficient (Wildman–Crippen LogP) is 3.27. The summed E-state index contributed by atoms with van der Waals surface area (Å²) in [7, 11) is 1.66. The number of hydrogen-bond acceptors (Lipinski definition) is 4. The van der Waals surface area contributed by atoms with Gasteiger partial charge in [0, 0.05) is 13.1 Å². The Morgan fingerprint density at radius 1 is 1.18 bits per heavy atom. The van der Waals surface area contributed by atoms with Crippen molar-refractivity contribution in [3.05, 3.63) is 23.8 Å². The van der Waals surface area contributed by atoms with Crippen molar-refractivity contribution in [2.24, 2.45) is 0 Å². The molecule has 124 valence electrons. The summed E-state index contributed by atoms with van der Waals surface area (Å²) in [5.74, 6) is 1.52. The summed E-state index contributed by atoms with van der Waals surface area (Å²) in [5, 5.41) is 13.9. The molecule has 0 atom stereocenters. The van der Waals surface area contributed by atoms with Gasteiger partial charge in [0.1, 0.15) is 0 Å². The zero-order valence-corrected chi connectivity index (χ0v) is 14.0. The van der Waals surface area contributed by atoms with Gasteiger partial charge < -0.3 is 19.9 Å².